The number of hydrogen-bond donors (Lipinski definition) is 3. The molecule has 30 heavy (non-hydrogen) atoms. The Hall–Kier alpha value is -2.86. The van der Waals surface area contributed by atoms with Crippen LogP contribution >= 0.6 is 0 Å². The van der Waals surface area contributed by atoms with Crippen molar-refractivity contribution in [3.63, 3.8) is 0 Å². The highest BCUT2D eigenvalue weighted by molar-refractivity contribution is 5.94. The minimum absolute atomic E-state index is 0.0551. The molecule has 1 aliphatic rings. The molecule has 2 aromatic rings. The van der Waals surface area contributed by atoms with E-state index in [-0.39, 0.29) is 11.8 Å². The maximum Gasteiger partial charge on any atom is 0.225 e. The molecule has 160 valence electrons. The van der Waals surface area contributed by atoms with Gasteiger partial charge < -0.3 is 20.7 Å². The second-order valence-electron chi connectivity index (χ2n) is 7.38. The molecule has 0 bridgehead atoms. The summed E-state index contributed by atoms with van der Waals surface area (Å²) in [6.45, 7) is 5.66. The molecule has 1 heterocycles. The second-order valence-corrected chi connectivity index (χ2v) is 7.38. The van der Waals surface area contributed by atoms with Crippen molar-refractivity contribution in [2.24, 2.45) is 4.99 Å². The van der Waals surface area contributed by atoms with Crippen LogP contribution in [0.25, 0.3) is 0 Å². The number of amides is 1. The number of rotatable bonds is 10. The molecule has 6 heteroatoms. The molecule has 0 spiro atoms. The van der Waals surface area contributed by atoms with Gasteiger partial charge in [-0.1, -0.05) is 48.5 Å². The largest absolute Gasteiger partial charge is 0.381 e. The van der Waals surface area contributed by atoms with E-state index in [1.165, 1.54) is 5.56 Å². The summed E-state index contributed by atoms with van der Waals surface area (Å²) in [6.07, 6.45) is 2.32. The second kappa shape index (κ2) is 12.0. The number of aliphatic imine (C=N–C) groups is 1. The highest BCUT2D eigenvalue weighted by Crippen LogP contribution is 2.31. The molecule has 1 unspecified atom stereocenters. The standard InChI is InChI=1S/C24H32N4O2/c1-2-25-24(26-14-8-15-30-16-13-19-9-4-3-5-10-19)27-18-20-17-23(29)28-22-12-7-6-11-21(20)22/h3-7,9-12,20H,2,8,13-18H2,1H3,(H,28,29)(H2,25,26,27). The van der Waals surface area contributed by atoms with E-state index in [9.17, 15) is 4.79 Å². The van der Waals surface area contributed by atoms with E-state index in [0.717, 1.165) is 56.4 Å². The van der Waals surface area contributed by atoms with E-state index in [0.29, 0.717) is 13.0 Å². The first-order valence-corrected chi connectivity index (χ1v) is 10.8. The SMILES string of the molecule is CCNC(=NCC1CC(=O)Nc2ccccc21)NCCCOCCc1ccccc1. The summed E-state index contributed by atoms with van der Waals surface area (Å²) in [4.78, 5) is 16.7. The topological polar surface area (TPSA) is 74.8 Å². The Bertz CT molecular complexity index is 823. The van der Waals surface area contributed by atoms with Gasteiger partial charge in [0.1, 0.15) is 0 Å². The van der Waals surface area contributed by atoms with Crippen LogP contribution in [0, 0.1) is 0 Å². The van der Waals surface area contributed by atoms with Crippen molar-refractivity contribution in [3.8, 4) is 0 Å². The number of carbonyl (C=O) groups is 1. The van der Waals surface area contributed by atoms with Crippen molar-refractivity contribution in [1.29, 1.82) is 0 Å². The Labute approximate surface area is 179 Å². The van der Waals surface area contributed by atoms with Gasteiger partial charge in [-0.3, -0.25) is 9.79 Å². The van der Waals surface area contributed by atoms with E-state index < -0.39 is 0 Å². The van der Waals surface area contributed by atoms with Crippen molar-refractivity contribution in [1.82, 2.24) is 10.6 Å². The Morgan fingerprint density at radius 1 is 1.10 bits per heavy atom. The minimum atomic E-state index is 0.0551. The minimum Gasteiger partial charge on any atom is -0.381 e. The fourth-order valence-electron chi connectivity index (χ4n) is 3.53. The number of para-hydroxylation sites is 1. The third kappa shape index (κ3) is 6.88. The van der Waals surface area contributed by atoms with E-state index in [4.69, 9.17) is 9.73 Å². The zero-order valence-electron chi connectivity index (χ0n) is 17.7. The van der Waals surface area contributed by atoms with Gasteiger partial charge in [-0.2, -0.15) is 0 Å². The molecule has 1 amide bonds. The molecule has 3 rings (SSSR count). The van der Waals surface area contributed by atoms with Gasteiger partial charge in [0.25, 0.3) is 0 Å². The van der Waals surface area contributed by atoms with Crippen LogP contribution in [0.5, 0.6) is 0 Å². The number of nitrogens with one attached hydrogen (secondary N) is 3. The van der Waals surface area contributed by atoms with Crippen molar-refractivity contribution in [2.45, 2.75) is 32.1 Å². The van der Waals surface area contributed by atoms with Gasteiger partial charge in [0.05, 0.1) is 13.2 Å². The van der Waals surface area contributed by atoms with Crippen LogP contribution in [0.2, 0.25) is 0 Å². The van der Waals surface area contributed by atoms with Crippen molar-refractivity contribution < 1.29 is 9.53 Å². The lowest BCUT2D eigenvalue weighted by atomic mass is 9.91. The Balaban J connectivity index is 1.40. The molecular formula is C24H32N4O2. The molecule has 0 fully saturated rings. The average Bonchev–Trinajstić information content (AvgIpc) is 2.77. The van der Waals surface area contributed by atoms with Gasteiger partial charge in [-0.15, -0.1) is 0 Å². The van der Waals surface area contributed by atoms with Gasteiger partial charge in [-0.25, -0.2) is 0 Å². The van der Waals surface area contributed by atoms with Crippen LogP contribution in [-0.2, 0) is 16.0 Å². The highest BCUT2D eigenvalue weighted by Gasteiger charge is 2.24. The van der Waals surface area contributed by atoms with Gasteiger partial charge >= 0.3 is 0 Å². The number of carbonyl (C=O) groups excluding carboxylic acids is 1. The van der Waals surface area contributed by atoms with E-state index >= 15 is 0 Å². The normalized spacial score (nSPS) is 16.0. The zero-order valence-corrected chi connectivity index (χ0v) is 17.7. The lowest BCUT2D eigenvalue weighted by Gasteiger charge is -2.24. The van der Waals surface area contributed by atoms with Crippen molar-refractivity contribution >= 4 is 17.6 Å². The number of nitrogens with zero attached hydrogens (tertiary/aromatic N) is 1. The summed E-state index contributed by atoms with van der Waals surface area (Å²) in [5, 5.41) is 9.58. The van der Waals surface area contributed by atoms with Gasteiger partial charge in [0, 0.05) is 37.7 Å². The van der Waals surface area contributed by atoms with Crippen LogP contribution in [0.4, 0.5) is 5.69 Å². The molecular weight excluding hydrogens is 376 g/mol. The van der Waals surface area contributed by atoms with Gasteiger partial charge in [-0.05, 0) is 37.0 Å². The highest BCUT2D eigenvalue weighted by atomic mass is 16.5. The Kier molecular flexibility index (Phi) is 8.72. The number of anilines is 1. The first-order valence-electron chi connectivity index (χ1n) is 10.8. The zero-order chi connectivity index (χ0) is 21.0. The molecule has 1 aliphatic heterocycles. The first kappa shape index (κ1) is 21.8. The van der Waals surface area contributed by atoms with Crippen LogP contribution in [0.1, 0.15) is 36.8 Å². The quantitative estimate of drug-likeness (QED) is 0.320. The number of fused-ring (bicyclic) bond motifs is 1. The molecule has 3 N–H and O–H groups in total. The van der Waals surface area contributed by atoms with Crippen molar-refractivity contribution in [2.75, 3.05) is 38.2 Å². The number of guanidine groups is 1. The summed E-state index contributed by atoms with van der Waals surface area (Å²) < 4.78 is 5.74. The van der Waals surface area contributed by atoms with Gasteiger partial charge in [0.15, 0.2) is 5.96 Å². The van der Waals surface area contributed by atoms with Crippen LogP contribution in [-0.4, -0.2) is 44.7 Å². The molecule has 0 saturated carbocycles. The van der Waals surface area contributed by atoms with E-state index in [1.807, 2.05) is 31.2 Å². The van der Waals surface area contributed by atoms with Crippen molar-refractivity contribution in [3.05, 3.63) is 65.7 Å². The summed E-state index contributed by atoms with van der Waals surface area (Å²) >= 11 is 0. The molecule has 6 nitrogen and oxygen atoms in total. The summed E-state index contributed by atoms with van der Waals surface area (Å²) in [5.74, 6) is 0.941. The number of hydrogen-bond acceptors (Lipinski definition) is 3. The summed E-state index contributed by atoms with van der Waals surface area (Å²) in [7, 11) is 0. The smallest absolute Gasteiger partial charge is 0.225 e. The lowest BCUT2D eigenvalue weighted by molar-refractivity contribution is -0.116. The summed E-state index contributed by atoms with van der Waals surface area (Å²) in [6, 6.07) is 18.4. The number of benzene rings is 2. The number of ether oxygens (including phenoxy) is 1. The molecule has 0 radical (unpaired) electrons. The molecule has 2 aromatic carbocycles. The molecule has 0 aliphatic carbocycles. The molecule has 0 saturated heterocycles. The predicted molar refractivity (Wildman–Crippen MR) is 122 cm³/mol. The predicted octanol–water partition coefficient (Wildman–Crippen LogP) is 3.32. The maximum atomic E-state index is 12.0. The van der Waals surface area contributed by atoms with E-state index in [2.05, 4.69) is 46.3 Å². The van der Waals surface area contributed by atoms with Crippen LogP contribution in [0.3, 0.4) is 0 Å². The average molecular weight is 409 g/mol. The first-order chi connectivity index (χ1) is 14.8. The fourth-order valence-corrected chi connectivity index (χ4v) is 3.53. The van der Waals surface area contributed by atoms with Gasteiger partial charge in [0.2, 0.25) is 5.91 Å². The molecule has 0 aromatic heterocycles. The van der Waals surface area contributed by atoms with E-state index in [1.54, 1.807) is 0 Å². The molecule has 1 atom stereocenters. The Morgan fingerprint density at radius 2 is 1.90 bits per heavy atom. The Morgan fingerprint density at radius 3 is 2.73 bits per heavy atom. The van der Waals surface area contributed by atoms with Crippen LogP contribution < -0.4 is 16.0 Å². The third-order valence-corrected chi connectivity index (χ3v) is 5.06. The van der Waals surface area contributed by atoms with Crippen LogP contribution in [0.15, 0.2) is 59.6 Å². The fraction of sp³-hybridized carbons (Fsp3) is 0.417. The monoisotopic (exact) mass is 408 g/mol. The third-order valence-electron chi connectivity index (χ3n) is 5.06. The summed E-state index contributed by atoms with van der Waals surface area (Å²) in [5.41, 5.74) is 3.36. The maximum absolute atomic E-state index is 12.0. The lowest BCUT2D eigenvalue weighted by Crippen LogP contribution is -2.38.